The fourth-order valence-corrected chi connectivity index (χ4v) is 0.787. The second-order valence-corrected chi connectivity index (χ2v) is 3.53. The van der Waals surface area contributed by atoms with E-state index in [0.717, 1.165) is 6.08 Å². The lowest BCUT2D eigenvalue weighted by Crippen LogP contribution is -2.44. The Bertz CT molecular complexity index is 294. The quantitative estimate of drug-likeness (QED) is 0.458. The lowest BCUT2D eigenvalue weighted by atomic mass is 9.99. The van der Waals surface area contributed by atoms with E-state index in [4.69, 9.17) is 16.6 Å². The third kappa shape index (κ3) is 5.79. The van der Waals surface area contributed by atoms with Gasteiger partial charge in [-0.2, -0.15) is 0 Å². The maximum Gasteiger partial charge on any atom is 0.323 e. The van der Waals surface area contributed by atoms with Gasteiger partial charge in [0.2, 0.25) is 0 Å². The molecule has 0 aliphatic rings. The number of aliphatic imine (C=N–C) groups is 1. The first-order valence-corrected chi connectivity index (χ1v) is 4.39. The van der Waals surface area contributed by atoms with Crippen molar-refractivity contribution in [3.63, 3.8) is 0 Å². The van der Waals surface area contributed by atoms with Crippen LogP contribution in [-0.2, 0) is 4.79 Å². The summed E-state index contributed by atoms with van der Waals surface area (Å²) in [6.45, 7) is 2.92. The van der Waals surface area contributed by atoms with E-state index in [1.165, 1.54) is 6.92 Å². The fraction of sp³-hybridized carbons (Fsp3) is 0.556. The first-order chi connectivity index (χ1) is 6.75. The molecule has 0 bridgehead atoms. The highest BCUT2D eigenvalue weighted by molar-refractivity contribution is 5.78. The molecule has 6 heteroatoms. The van der Waals surface area contributed by atoms with Crippen molar-refractivity contribution in [2.75, 3.05) is 6.54 Å². The van der Waals surface area contributed by atoms with Gasteiger partial charge in [0.25, 0.3) is 0 Å². The SMILES string of the molecule is CC(N)=NC/C=C(/F)C[C@](C)(N)C(=O)O. The molecule has 0 radical (unpaired) electrons. The monoisotopic (exact) mass is 217 g/mol. The van der Waals surface area contributed by atoms with Crippen molar-refractivity contribution in [3.8, 4) is 0 Å². The number of hydrogen-bond acceptors (Lipinski definition) is 3. The van der Waals surface area contributed by atoms with Crippen molar-refractivity contribution in [2.45, 2.75) is 25.8 Å². The third-order valence-corrected chi connectivity index (χ3v) is 1.68. The van der Waals surface area contributed by atoms with E-state index in [1.807, 2.05) is 0 Å². The smallest absolute Gasteiger partial charge is 0.323 e. The van der Waals surface area contributed by atoms with Crippen LogP contribution in [0.25, 0.3) is 0 Å². The van der Waals surface area contributed by atoms with Gasteiger partial charge in [-0.3, -0.25) is 9.79 Å². The summed E-state index contributed by atoms with van der Waals surface area (Å²) in [4.78, 5) is 14.3. The summed E-state index contributed by atoms with van der Waals surface area (Å²) in [5.41, 5.74) is 8.99. The van der Waals surface area contributed by atoms with Crippen LogP contribution in [0.1, 0.15) is 20.3 Å². The van der Waals surface area contributed by atoms with Gasteiger partial charge in [-0.05, 0) is 19.9 Å². The van der Waals surface area contributed by atoms with Gasteiger partial charge in [0.1, 0.15) is 11.4 Å². The Kier molecular flexibility index (Phi) is 4.93. The van der Waals surface area contributed by atoms with Crippen molar-refractivity contribution in [3.05, 3.63) is 11.9 Å². The third-order valence-electron chi connectivity index (χ3n) is 1.68. The van der Waals surface area contributed by atoms with Crippen LogP contribution >= 0.6 is 0 Å². The molecule has 0 fully saturated rings. The van der Waals surface area contributed by atoms with Gasteiger partial charge in [0.05, 0.1) is 12.4 Å². The van der Waals surface area contributed by atoms with E-state index in [9.17, 15) is 9.18 Å². The molecule has 0 spiro atoms. The van der Waals surface area contributed by atoms with Crippen LogP contribution in [0, 0.1) is 0 Å². The zero-order valence-electron chi connectivity index (χ0n) is 8.83. The maximum atomic E-state index is 13.1. The zero-order valence-corrected chi connectivity index (χ0v) is 8.83. The van der Waals surface area contributed by atoms with Gasteiger partial charge in [-0.1, -0.05) is 0 Å². The molecule has 0 saturated heterocycles. The van der Waals surface area contributed by atoms with Crippen LogP contribution < -0.4 is 11.5 Å². The summed E-state index contributed by atoms with van der Waals surface area (Å²) in [7, 11) is 0. The summed E-state index contributed by atoms with van der Waals surface area (Å²) in [6.07, 6.45) is 0.798. The molecule has 86 valence electrons. The van der Waals surface area contributed by atoms with Gasteiger partial charge < -0.3 is 16.6 Å². The van der Waals surface area contributed by atoms with Crippen LogP contribution in [0.3, 0.4) is 0 Å². The molecule has 0 rings (SSSR count). The number of hydrogen-bond donors (Lipinski definition) is 3. The topological polar surface area (TPSA) is 102 Å². The summed E-state index contributed by atoms with van der Waals surface area (Å²) in [5, 5.41) is 8.64. The van der Waals surface area contributed by atoms with Crippen LogP contribution in [0.15, 0.2) is 16.9 Å². The first kappa shape index (κ1) is 13.6. The summed E-state index contributed by atoms with van der Waals surface area (Å²) >= 11 is 0. The average molecular weight is 217 g/mol. The van der Waals surface area contributed by atoms with Crippen LogP contribution in [-0.4, -0.2) is 29.0 Å². The normalized spacial score (nSPS) is 17.3. The number of aliphatic carboxylic acids is 1. The van der Waals surface area contributed by atoms with Crippen LogP contribution in [0.4, 0.5) is 4.39 Å². The summed E-state index contributed by atoms with van der Waals surface area (Å²) in [6, 6.07) is 0. The number of nitrogens with zero attached hydrogens (tertiary/aromatic N) is 1. The Balaban J connectivity index is 4.30. The summed E-state index contributed by atoms with van der Waals surface area (Å²) in [5.74, 6) is -1.51. The minimum atomic E-state index is -1.60. The van der Waals surface area contributed by atoms with Gasteiger partial charge in [-0.25, -0.2) is 4.39 Å². The molecule has 0 amide bonds. The van der Waals surface area contributed by atoms with Crippen LogP contribution in [0.5, 0.6) is 0 Å². The lowest BCUT2D eigenvalue weighted by Gasteiger charge is -2.17. The number of carboxylic acids is 1. The lowest BCUT2D eigenvalue weighted by molar-refractivity contribution is -0.142. The van der Waals surface area contributed by atoms with Crippen LogP contribution in [0.2, 0.25) is 0 Å². The molecular formula is C9H16FN3O2. The van der Waals surface area contributed by atoms with Gasteiger partial charge >= 0.3 is 5.97 Å². The highest BCUT2D eigenvalue weighted by Gasteiger charge is 2.29. The fourth-order valence-electron chi connectivity index (χ4n) is 0.787. The zero-order chi connectivity index (χ0) is 12.1. The minimum absolute atomic E-state index is 0.0872. The Morgan fingerprint density at radius 2 is 2.20 bits per heavy atom. The van der Waals surface area contributed by atoms with Crippen molar-refractivity contribution in [1.82, 2.24) is 0 Å². The largest absolute Gasteiger partial charge is 0.480 e. The Morgan fingerprint density at radius 1 is 1.67 bits per heavy atom. The molecule has 0 unspecified atom stereocenters. The van der Waals surface area contributed by atoms with E-state index in [1.54, 1.807) is 6.92 Å². The van der Waals surface area contributed by atoms with E-state index in [-0.39, 0.29) is 13.0 Å². The second kappa shape index (κ2) is 5.45. The van der Waals surface area contributed by atoms with Gasteiger partial charge in [0, 0.05) is 6.42 Å². The molecule has 0 aromatic carbocycles. The Morgan fingerprint density at radius 3 is 2.60 bits per heavy atom. The number of amidine groups is 1. The van der Waals surface area contributed by atoms with E-state index in [0.29, 0.717) is 5.84 Å². The molecule has 0 aliphatic carbocycles. The molecule has 5 N–H and O–H groups in total. The van der Waals surface area contributed by atoms with Crippen molar-refractivity contribution >= 4 is 11.8 Å². The standard InChI is InChI=1S/C9H16FN3O2/c1-6(11)13-4-3-7(10)5-9(2,12)8(14)15/h3H,4-5,12H2,1-2H3,(H2,11,13)(H,14,15)/b7-3+/t9-/m0/s1. The van der Waals surface area contributed by atoms with Gasteiger partial charge in [0.15, 0.2) is 0 Å². The molecule has 0 aromatic rings. The maximum absolute atomic E-state index is 13.1. The molecule has 0 aromatic heterocycles. The van der Waals surface area contributed by atoms with Crippen molar-refractivity contribution < 1.29 is 14.3 Å². The van der Waals surface area contributed by atoms with Crippen molar-refractivity contribution in [1.29, 1.82) is 0 Å². The van der Waals surface area contributed by atoms with Gasteiger partial charge in [-0.15, -0.1) is 0 Å². The van der Waals surface area contributed by atoms with E-state index < -0.39 is 17.3 Å². The average Bonchev–Trinajstić information content (AvgIpc) is 2.01. The molecule has 0 aliphatic heterocycles. The highest BCUT2D eigenvalue weighted by atomic mass is 19.1. The number of rotatable bonds is 5. The predicted octanol–water partition coefficient (Wildman–Crippen LogP) is 0.409. The van der Waals surface area contributed by atoms with E-state index in [2.05, 4.69) is 4.99 Å². The van der Waals surface area contributed by atoms with Crippen molar-refractivity contribution in [2.24, 2.45) is 16.5 Å². The number of halogens is 1. The number of carbonyl (C=O) groups is 1. The second-order valence-electron chi connectivity index (χ2n) is 3.53. The Hall–Kier alpha value is -1.43. The number of nitrogens with two attached hydrogens (primary N) is 2. The Labute approximate surface area is 87.7 Å². The molecule has 0 heterocycles. The molecule has 1 atom stereocenters. The molecule has 5 nitrogen and oxygen atoms in total. The van der Waals surface area contributed by atoms with E-state index >= 15 is 0 Å². The first-order valence-electron chi connectivity index (χ1n) is 4.39. The number of carboxylic acid groups (broad SMARTS) is 1. The summed E-state index contributed by atoms with van der Waals surface area (Å²) < 4.78 is 13.1. The molecular weight excluding hydrogens is 201 g/mol. The highest BCUT2D eigenvalue weighted by Crippen LogP contribution is 2.14. The molecule has 0 saturated carbocycles. The molecule has 15 heavy (non-hydrogen) atoms. The predicted molar refractivity (Wildman–Crippen MR) is 56.2 cm³/mol. The minimum Gasteiger partial charge on any atom is -0.480 e.